The van der Waals surface area contributed by atoms with E-state index in [-0.39, 0.29) is 18.0 Å². The minimum Gasteiger partial charge on any atom is -0.497 e. The number of anilines is 1. The predicted molar refractivity (Wildman–Crippen MR) is 57.9 cm³/mol. The smallest absolute Gasteiger partial charge is 0.246 e. The van der Waals surface area contributed by atoms with E-state index in [1.807, 2.05) is 31.2 Å². The standard InChI is InChI=1S/C11H14N2O2/c1-7-10(12)11(14)13(7)8-4-3-5-9(6-8)15-2/h3-7,10H,12H2,1-2H3/t7-,10+/m0/s1. The Morgan fingerprint density at radius 3 is 2.80 bits per heavy atom. The first-order valence-electron chi connectivity index (χ1n) is 4.88. The van der Waals surface area contributed by atoms with Crippen molar-refractivity contribution in [2.75, 3.05) is 12.0 Å². The molecule has 0 spiro atoms. The zero-order chi connectivity index (χ0) is 11.0. The van der Waals surface area contributed by atoms with E-state index in [0.29, 0.717) is 0 Å². The first kappa shape index (κ1) is 9.98. The first-order valence-corrected chi connectivity index (χ1v) is 4.88. The molecule has 0 aliphatic carbocycles. The lowest BCUT2D eigenvalue weighted by Crippen LogP contribution is -2.67. The van der Waals surface area contributed by atoms with Gasteiger partial charge in [0.25, 0.3) is 0 Å². The van der Waals surface area contributed by atoms with Crippen LogP contribution in [0.1, 0.15) is 6.92 Å². The SMILES string of the molecule is COc1cccc(N2C(=O)[C@H](N)[C@@H]2C)c1. The molecule has 1 aromatic carbocycles. The predicted octanol–water partition coefficient (Wildman–Crippen LogP) is 0.758. The molecule has 4 heteroatoms. The number of β-lactam (4-membered cyclic amide) rings is 1. The van der Waals surface area contributed by atoms with E-state index in [4.69, 9.17) is 10.5 Å². The van der Waals surface area contributed by atoms with Crippen LogP contribution in [-0.2, 0) is 4.79 Å². The van der Waals surface area contributed by atoms with Crippen molar-refractivity contribution in [1.29, 1.82) is 0 Å². The van der Waals surface area contributed by atoms with Gasteiger partial charge in [-0.05, 0) is 19.1 Å². The quantitative estimate of drug-likeness (QED) is 0.727. The lowest BCUT2D eigenvalue weighted by Gasteiger charge is -2.43. The highest BCUT2D eigenvalue weighted by molar-refractivity contribution is 6.05. The van der Waals surface area contributed by atoms with Crippen LogP contribution < -0.4 is 15.4 Å². The third-order valence-corrected chi connectivity index (χ3v) is 2.78. The van der Waals surface area contributed by atoms with Crippen LogP contribution in [0.4, 0.5) is 5.69 Å². The van der Waals surface area contributed by atoms with E-state index in [0.717, 1.165) is 11.4 Å². The molecule has 4 nitrogen and oxygen atoms in total. The summed E-state index contributed by atoms with van der Waals surface area (Å²) >= 11 is 0. The first-order chi connectivity index (χ1) is 7.15. The molecule has 1 amide bonds. The van der Waals surface area contributed by atoms with Crippen LogP contribution in [0, 0.1) is 0 Å². The summed E-state index contributed by atoms with van der Waals surface area (Å²) in [7, 11) is 1.60. The molecule has 1 fully saturated rings. The van der Waals surface area contributed by atoms with Gasteiger partial charge < -0.3 is 15.4 Å². The number of amides is 1. The van der Waals surface area contributed by atoms with Crippen LogP contribution in [0.3, 0.4) is 0 Å². The van der Waals surface area contributed by atoms with Gasteiger partial charge in [-0.3, -0.25) is 4.79 Å². The third kappa shape index (κ3) is 1.47. The zero-order valence-corrected chi connectivity index (χ0v) is 8.81. The molecule has 0 bridgehead atoms. The van der Waals surface area contributed by atoms with Crippen molar-refractivity contribution in [1.82, 2.24) is 0 Å². The van der Waals surface area contributed by atoms with E-state index in [1.54, 1.807) is 12.0 Å². The highest BCUT2D eigenvalue weighted by Gasteiger charge is 2.42. The number of rotatable bonds is 2. The van der Waals surface area contributed by atoms with Gasteiger partial charge in [-0.1, -0.05) is 6.07 Å². The van der Waals surface area contributed by atoms with Gasteiger partial charge in [0, 0.05) is 11.8 Å². The topological polar surface area (TPSA) is 55.6 Å². The fourth-order valence-corrected chi connectivity index (χ4v) is 1.77. The molecule has 2 rings (SSSR count). The van der Waals surface area contributed by atoms with E-state index >= 15 is 0 Å². The van der Waals surface area contributed by atoms with E-state index in [2.05, 4.69) is 0 Å². The van der Waals surface area contributed by atoms with Crippen molar-refractivity contribution in [2.45, 2.75) is 19.0 Å². The van der Waals surface area contributed by atoms with Crippen LogP contribution in [0.5, 0.6) is 5.75 Å². The van der Waals surface area contributed by atoms with E-state index < -0.39 is 0 Å². The number of carbonyl (C=O) groups is 1. The van der Waals surface area contributed by atoms with Gasteiger partial charge in [-0.2, -0.15) is 0 Å². The Morgan fingerprint density at radius 2 is 2.20 bits per heavy atom. The Hall–Kier alpha value is -1.55. The van der Waals surface area contributed by atoms with Gasteiger partial charge in [0.15, 0.2) is 0 Å². The average Bonchev–Trinajstić information content (AvgIpc) is 2.29. The molecule has 15 heavy (non-hydrogen) atoms. The van der Waals surface area contributed by atoms with Gasteiger partial charge in [0.2, 0.25) is 5.91 Å². The van der Waals surface area contributed by atoms with Crippen molar-refractivity contribution >= 4 is 11.6 Å². The monoisotopic (exact) mass is 206 g/mol. The molecular formula is C11H14N2O2. The molecule has 1 aromatic rings. The summed E-state index contributed by atoms with van der Waals surface area (Å²) in [6, 6.07) is 7.11. The van der Waals surface area contributed by atoms with Gasteiger partial charge in [0.05, 0.1) is 13.2 Å². The van der Waals surface area contributed by atoms with Crippen LogP contribution in [0.15, 0.2) is 24.3 Å². The summed E-state index contributed by atoms with van der Waals surface area (Å²) < 4.78 is 5.10. The van der Waals surface area contributed by atoms with Gasteiger partial charge in [-0.25, -0.2) is 0 Å². The van der Waals surface area contributed by atoms with Gasteiger partial charge in [0.1, 0.15) is 11.8 Å². The fraction of sp³-hybridized carbons (Fsp3) is 0.364. The van der Waals surface area contributed by atoms with Crippen molar-refractivity contribution in [3.63, 3.8) is 0 Å². The highest BCUT2D eigenvalue weighted by atomic mass is 16.5. The molecule has 1 aliphatic heterocycles. The van der Waals surface area contributed by atoms with Crippen LogP contribution >= 0.6 is 0 Å². The second kappa shape index (κ2) is 3.55. The van der Waals surface area contributed by atoms with Crippen LogP contribution in [0.2, 0.25) is 0 Å². The molecule has 1 aliphatic rings. The van der Waals surface area contributed by atoms with Crippen molar-refractivity contribution in [3.05, 3.63) is 24.3 Å². The number of benzene rings is 1. The van der Waals surface area contributed by atoms with Crippen molar-refractivity contribution in [3.8, 4) is 5.75 Å². The zero-order valence-electron chi connectivity index (χ0n) is 8.81. The Balaban J connectivity index is 2.27. The van der Waals surface area contributed by atoms with Crippen LogP contribution in [0.25, 0.3) is 0 Å². The summed E-state index contributed by atoms with van der Waals surface area (Å²) in [6.07, 6.45) is 0. The summed E-state index contributed by atoms with van der Waals surface area (Å²) in [6.45, 7) is 1.94. The second-order valence-corrected chi connectivity index (χ2v) is 3.68. The lowest BCUT2D eigenvalue weighted by molar-refractivity contribution is -0.125. The number of ether oxygens (including phenoxy) is 1. The molecule has 0 unspecified atom stereocenters. The minimum atomic E-state index is -0.365. The fourth-order valence-electron chi connectivity index (χ4n) is 1.77. The summed E-state index contributed by atoms with van der Waals surface area (Å²) in [5.41, 5.74) is 6.48. The number of carbonyl (C=O) groups excluding carboxylic acids is 1. The molecule has 0 aromatic heterocycles. The average molecular weight is 206 g/mol. The second-order valence-electron chi connectivity index (χ2n) is 3.68. The molecular weight excluding hydrogens is 192 g/mol. The molecule has 2 N–H and O–H groups in total. The van der Waals surface area contributed by atoms with Gasteiger partial charge in [-0.15, -0.1) is 0 Å². The number of hydrogen-bond donors (Lipinski definition) is 1. The van der Waals surface area contributed by atoms with Crippen molar-refractivity contribution < 1.29 is 9.53 Å². The number of hydrogen-bond acceptors (Lipinski definition) is 3. The lowest BCUT2D eigenvalue weighted by atomic mass is 9.97. The maximum Gasteiger partial charge on any atom is 0.246 e. The number of methoxy groups -OCH3 is 1. The molecule has 1 heterocycles. The van der Waals surface area contributed by atoms with E-state index in [1.165, 1.54) is 0 Å². The molecule has 0 saturated carbocycles. The maximum absolute atomic E-state index is 11.5. The third-order valence-electron chi connectivity index (χ3n) is 2.78. The van der Waals surface area contributed by atoms with Crippen molar-refractivity contribution in [2.24, 2.45) is 5.73 Å². The Labute approximate surface area is 88.6 Å². The van der Waals surface area contributed by atoms with Crippen LogP contribution in [-0.4, -0.2) is 25.1 Å². The molecule has 1 saturated heterocycles. The number of nitrogens with two attached hydrogens (primary N) is 1. The summed E-state index contributed by atoms with van der Waals surface area (Å²) in [5, 5.41) is 0. The Morgan fingerprint density at radius 1 is 1.47 bits per heavy atom. The molecule has 0 radical (unpaired) electrons. The normalized spacial score (nSPS) is 25.0. The Bertz CT molecular complexity index is 392. The molecule has 2 atom stereocenters. The molecule has 80 valence electrons. The minimum absolute atomic E-state index is 0.0317. The van der Waals surface area contributed by atoms with E-state index in [9.17, 15) is 4.79 Å². The summed E-state index contributed by atoms with van der Waals surface area (Å²) in [4.78, 5) is 13.2. The summed E-state index contributed by atoms with van der Waals surface area (Å²) in [5.74, 6) is 0.712. The highest BCUT2D eigenvalue weighted by Crippen LogP contribution is 2.29. The number of nitrogens with zero attached hydrogens (tertiary/aromatic N) is 1. The maximum atomic E-state index is 11.5. The largest absolute Gasteiger partial charge is 0.497 e. The van der Waals surface area contributed by atoms with Gasteiger partial charge >= 0.3 is 0 Å². The Kier molecular flexibility index (Phi) is 2.36.